The fraction of sp³-hybridized carbons (Fsp3) is 0.167. The molecule has 0 saturated carbocycles. The van der Waals surface area contributed by atoms with Crippen molar-refractivity contribution < 1.29 is 9.50 Å². The third kappa shape index (κ3) is 4.07. The number of imidazole rings is 1. The highest BCUT2D eigenvalue weighted by atomic mass is 19.1. The number of aryl methyl sites for hydroxylation is 2. The summed E-state index contributed by atoms with van der Waals surface area (Å²) in [5.74, 6) is 0.414. The Morgan fingerprint density at radius 1 is 1.17 bits per heavy atom. The highest BCUT2D eigenvalue weighted by molar-refractivity contribution is 5.82. The first-order valence-corrected chi connectivity index (χ1v) is 10.8. The van der Waals surface area contributed by atoms with Gasteiger partial charge in [0.25, 0.3) is 0 Å². The molecule has 3 N–H and O–H groups in total. The van der Waals surface area contributed by atoms with Gasteiger partial charge >= 0.3 is 0 Å². The Balaban J connectivity index is 1.59. The van der Waals surface area contributed by atoms with Gasteiger partial charge in [-0.2, -0.15) is 15.5 Å². The lowest BCUT2D eigenvalue weighted by Gasteiger charge is -2.12. The Hall–Kier alpha value is -4.69. The quantitative estimate of drug-likeness (QED) is 0.343. The average Bonchev–Trinajstić information content (AvgIpc) is 3.44. The third-order valence-corrected chi connectivity index (χ3v) is 5.58. The molecule has 0 radical (unpaired) electrons. The van der Waals surface area contributed by atoms with Gasteiger partial charge in [0.1, 0.15) is 24.0 Å². The van der Waals surface area contributed by atoms with Crippen LogP contribution in [0.15, 0.2) is 42.7 Å². The van der Waals surface area contributed by atoms with Crippen LogP contribution < -0.4 is 5.32 Å². The van der Waals surface area contributed by atoms with Crippen molar-refractivity contribution in [3.05, 3.63) is 71.2 Å². The molecule has 0 amide bonds. The second kappa shape index (κ2) is 8.92. The lowest BCUT2D eigenvalue weighted by Crippen LogP contribution is -2.04. The van der Waals surface area contributed by atoms with Crippen LogP contribution in [0.5, 0.6) is 0 Å². The molecular weight excluding hydrogens is 449 g/mol. The van der Waals surface area contributed by atoms with Crippen LogP contribution in [0, 0.1) is 31.0 Å². The molecule has 1 aromatic carbocycles. The molecular formula is C24H20FN9O. The maximum atomic E-state index is 15.0. The number of aromatic amines is 1. The number of rotatable bonds is 6. The number of hydrogen-bond donors (Lipinski definition) is 3. The molecule has 0 atom stereocenters. The Kier molecular flexibility index (Phi) is 5.64. The largest absolute Gasteiger partial charge is 0.396 e. The summed E-state index contributed by atoms with van der Waals surface area (Å²) in [4.78, 5) is 9.19. The number of nitrogens with zero attached hydrogens (tertiary/aromatic N) is 7. The van der Waals surface area contributed by atoms with Gasteiger partial charge in [0.05, 0.1) is 33.7 Å². The summed E-state index contributed by atoms with van der Waals surface area (Å²) in [6.07, 6.45) is 1.92. The van der Waals surface area contributed by atoms with E-state index >= 15 is 4.39 Å². The van der Waals surface area contributed by atoms with Crippen molar-refractivity contribution in [3.63, 3.8) is 0 Å². The Morgan fingerprint density at radius 2 is 2.03 bits per heavy atom. The minimum absolute atomic E-state index is 0.0762. The topological polar surface area (TPSA) is 141 Å². The molecule has 0 aliphatic rings. The molecule has 0 aliphatic heterocycles. The third-order valence-electron chi connectivity index (χ3n) is 5.58. The second-order valence-corrected chi connectivity index (χ2v) is 7.96. The minimum atomic E-state index is -0.490. The van der Waals surface area contributed by atoms with Crippen LogP contribution in [0.2, 0.25) is 0 Å². The number of fused-ring (bicyclic) bond motifs is 1. The number of hydrogen-bond acceptors (Lipinski definition) is 8. The van der Waals surface area contributed by atoms with Crippen molar-refractivity contribution in [2.45, 2.75) is 20.3 Å². The molecule has 0 spiro atoms. The van der Waals surface area contributed by atoms with Crippen molar-refractivity contribution in [2.75, 3.05) is 11.9 Å². The number of benzene rings is 1. The predicted octanol–water partition coefficient (Wildman–Crippen LogP) is 3.51. The summed E-state index contributed by atoms with van der Waals surface area (Å²) in [6.45, 7) is 3.54. The van der Waals surface area contributed by atoms with Gasteiger partial charge in [-0.15, -0.1) is 5.10 Å². The van der Waals surface area contributed by atoms with E-state index in [4.69, 9.17) is 4.98 Å². The number of anilines is 2. The highest BCUT2D eigenvalue weighted by Crippen LogP contribution is 2.30. The smallest absolute Gasteiger partial charge is 0.171 e. The molecule has 0 fully saturated rings. The van der Waals surface area contributed by atoms with E-state index in [0.29, 0.717) is 46.0 Å². The first kappa shape index (κ1) is 22.1. The normalized spacial score (nSPS) is 11.1. The summed E-state index contributed by atoms with van der Waals surface area (Å²) >= 11 is 0. The van der Waals surface area contributed by atoms with E-state index in [1.54, 1.807) is 42.1 Å². The van der Waals surface area contributed by atoms with Gasteiger partial charge in [0.15, 0.2) is 11.5 Å². The number of nitrogens with one attached hydrogen (secondary N) is 2. The van der Waals surface area contributed by atoms with Gasteiger partial charge in [-0.25, -0.2) is 14.4 Å². The number of aromatic nitrogens is 7. The zero-order valence-electron chi connectivity index (χ0n) is 18.9. The zero-order chi connectivity index (χ0) is 24.5. The lowest BCUT2D eigenvalue weighted by atomic mass is 10.0. The summed E-state index contributed by atoms with van der Waals surface area (Å²) < 4.78 is 16.7. The molecule has 4 heterocycles. The van der Waals surface area contributed by atoms with E-state index in [2.05, 4.69) is 36.8 Å². The van der Waals surface area contributed by atoms with Gasteiger partial charge in [-0.3, -0.25) is 9.67 Å². The van der Waals surface area contributed by atoms with Crippen LogP contribution >= 0.6 is 0 Å². The monoisotopic (exact) mass is 469 g/mol. The zero-order valence-corrected chi connectivity index (χ0v) is 18.9. The highest BCUT2D eigenvalue weighted by Gasteiger charge is 2.19. The van der Waals surface area contributed by atoms with E-state index in [1.165, 1.54) is 6.07 Å². The maximum Gasteiger partial charge on any atom is 0.171 e. The first-order valence-electron chi connectivity index (χ1n) is 10.8. The molecule has 11 heteroatoms. The lowest BCUT2D eigenvalue weighted by molar-refractivity contribution is 0.299. The molecule has 174 valence electrons. The van der Waals surface area contributed by atoms with Crippen molar-refractivity contribution in [2.24, 2.45) is 0 Å². The second-order valence-electron chi connectivity index (χ2n) is 7.96. The van der Waals surface area contributed by atoms with Crippen LogP contribution in [-0.2, 0) is 6.42 Å². The standard InChI is InChI=1S/C24H20FN9O/c1-13-3-5-21(33-30-13)28-17-10-18-20(9-16(17)25)34(12-27-18)22-6-4-15(7-8-35)24(29-22)23-14(2)31-32-19(23)11-26/h3-6,9-10,12,35H,7-8H2,1-2H3,(H,28,33)(H,31,32). The van der Waals surface area contributed by atoms with Crippen LogP contribution in [-0.4, -0.2) is 46.6 Å². The molecule has 0 bridgehead atoms. The minimum Gasteiger partial charge on any atom is -0.396 e. The fourth-order valence-corrected chi connectivity index (χ4v) is 3.86. The predicted molar refractivity (Wildman–Crippen MR) is 127 cm³/mol. The molecule has 5 aromatic rings. The molecule has 4 aromatic heterocycles. The Bertz CT molecular complexity index is 1580. The number of pyridine rings is 1. The van der Waals surface area contributed by atoms with Crippen LogP contribution in [0.3, 0.4) is 0 Å². The van der Waals surface area contributed by atoms with E-state index in [-0.39, 0.29) is 18.0 Å². The van der Waals surface area contributed by atoms with Gasteiger partial charge in [-0.05, 0) is 50.1 Å². The molecule has 0 saturated heterocycles. The molecule has 10 nitrogen and oxygen atoms in total. The van der Waals surface area contributed by atoms with E-state index in [0.717, 1.165) is 11.3 Å². The maximum absolute atomic E-state index is 15.0. The summed E-state index contributed by atoms with van der Waals surface area (Å²) in [6, 6.07) is 12.1. The van der Waals surface area contributed by atoms with E-state index < -0.39 is 5.82 Å². The van der Waals surface area contributed by atoms with Crippen molar-refractivity contribution in [1.29, 1.82) is 5.26 Å². The fourth-order valence-electron chi connectivity index (χ4n) is 3.86. The summed E-state index contributed by atoms with van der Waals surface area (Å²) in [5.41, 5.74) is 4.80. The van der Waals surface area contributed by atoms with Gasteiger partial charge in [-0.1, -0.05) is 6.07 Å². The van der Waals surface area contributed by atoms with Gasteiger partial charge in [0.2, 0.25) is 0 Å². The van der Waals surface area contributed by atoms with Crippen LogP contribution in [0.25, 0.3) is 28.1 Å². The number of H-pyrrole nitrogens is 1. The average molecular weight is 469 g/mol. The van der Waals surface area contributed by atoms with Crippen molar-refractivity contribution in [1.82, 2.24) is 34.9 Å². The molecule has 35 heavy (non-hydrogen) atoms. The van der Waals surface area contributed by atoms with Gasteiger partial charge < -0.3 is 10.4 Å². The van der Waals surface area contributed by atoms with E-state index in [1.807, 2.05) is 13.0 Å². The SMILES string of the molecule is Cc1ccc(Nc2cc3ncn(-c4ccc(CCO)c(-c5c(C#N)n[nH]c5C)n4)c3cc2F)nn1. The molecule has 0 unspecified atom stereocenters. The number of halogens is 1. The molecule has 0 aliphatic carbocycles. The van der Waals surface area contributed by atoms with Crippen LogP contribution in [0.4, 0.5) is 15.9 Å². The Morgan fingerprint density at radius 3 is 2.77 bits per heavy atom. The molecule has 5 rings (SSSR count). The Labute approximate surface area is 199 Å². The van der Waals surface area contributed by atoms with Crippen LogP contribution in [0.1, 0.15) is 22.6 Å². The number of nitriles is 1. The number of aliphatic hydroxyl groups excluding tert-OH is 1. The van der Waals surface area contributed by atoms with Gasteiger partial charge in [0, 0.05) is 18.4 Å². The summed E-state index contributed by atoms with van der Waals surface area (Å²) in [5, 5.41) is 36.8. The first-order chi connectivity index (χ1) is 17.0. The number of aliphatic hydroxyl groups is 1. The van der Waals surface area contributed by atoms with E-state index in [9.17, 15) is 10.4 Å². The van der Waals surface area contributed by atoms with Crippen molar-refractivity contribution in [3.8, 4) is 23.1 Å². The summed E-state index contributed by atoms with van der Waals surface area (Å²) in [7, 11) is 0. The van der Waals surface area contributed by atoms with Crippen molar-refractivity contribution >= 4 is 22.5 Å².